The van der Waals surface area contributed by atoms with Crippen LogP contribution in [-0.4, -0.2) is 10.5 Å². The fourth-order valence-electron chi connectivity index (χ4n) is 0.207. The minimum Gasteiger partial charge on any atom is -0.316 e. The fourth-order valence-corrected chi connectivity index (χ4v) is 0.715. The lowest BCUT2D eigenvalue weighted by atomic mass is 10.4. The summed E-state index contributed by atoms with van der Waals surface area (Å²) in [5.41, 5.74) is 0. The van der Waals surface area contributed by atoms with E-state index in [0.717, 1.165) is 17.0 Å². The number of hydrogen-bond donors (Lipinski definition) is 0. The summed E-state index contributed by atoms with van der Waals surface area (Å²) in [5, 5.41) is 0. The van der Waals surface area contributed by atoms with Crippen LogP contribution in [0.2, 0.25) is 0 Å². The van der Waals surface area contributed by atoms with E-state index >= 15 is 0 Å². The Bertz CT molecular complexity index is 38.7. The molecule has 0 amide bonds. The molecule has 0 aliphatic heterocycles. The lowest BCUT2D eigenvalue weighted by molar-refractivity contribution is 0.416. The number of hydrogen-bond acceptors (Lipinski definition) is 1. The average Bonchev–Trinajstić information content (AvgIpc) is 1.61. The van der Waals surface area contributed by atoms with Crippen molar-refractivity contribution in [3.8, 4) is 0 Å². The summed E-state index contributed by atoms with van der Waals surface area (Å²) in [6.45, 7) is 3.06. The van der Waals surface area contributed by atoms with Crippen LogP contribution in [0.4, 0.5) is 0 Å². The first kappa shape index (κ1) is 8.42. The summed E-state index contributed by atoms with van der Waals surface area (Å²) in [5.74, 6) is 0. The van der Waals surface area contributed by atoms with Gasteiger partial charge in [-0.15, -0.1) is 0 Å². The van der Waals surface area contributed by atoms with Crippen molar-refractivity contribution >= 4 is 45.6 Å². The molecule has 44 valence electrons. The zero-order chi connectivity index (χ0) is 5.70. The highest BCUT2D eigenvalue weighted by atomic mass is 127. The number of halogens is 2. The van der Waals surface area contributed by atoms with Crippen molar-refractivity contribution in [2.24, 2.45) is 0 Å². The molecule has 0 aliphatic carbocycles. The van der Waals surface area contributed by atoms with Gasteiger partial charge in [0.1, 0.15) is 23.0 Å². The predicted molar refractivity (Wildman–Crippen MR) is 48.1 cm³/mol. The largest absolute Gasteiger partial charge is 0.316 e. The smallest absolute Gasteiger partial charge is 0.109 e. The Balaban J connectivity index is 2.68. The van der Waals surface area contributed by atoms with E-state index in [1.807, 2.05) is 23.0 Å². The molecule has 0 saturated carbocycles. The second-order valence-corrected chi connectivity index (χ2v) is 4.13. The van der Waals surface area contributed by atoms with Gasteiger partial charge in [0.05, 0.1) is 6.61 Å². The van der Waals surface area contributed by atoms with E-state index < -0.39 is 0 Å². The van der Waals surface area contributed by atoms with Gasteiger partial charge in [0.25, 0.3) is 0 Å². The molecule has 3 heteroatoms. The van der Waals surface area contributed by atoms with Crippen LogP contribution in [0.15, 0.2) is 0 Å². The Morgan fingerprint density at radius 1 is 1.71 bits per heavy atom. The van der Waals surface area contributed by atoms with E-state index in [2.05, 4.69) is 29.5 Å². The fraction of sp³-hybridized carbons (Fsp3) is 1.00. The number of alkyl halides is 1. The third kappa shape index (κ3) is 7.42. The minimum atomic E-state index is 0.743. The van der Waals surface area contributed by atoms with Gasteiger partial charge >= 0.3 is 0 Å². The van der Waals surface area contributed by atoms with Gasteiger partial charge in [0.2, 0.25) is 0 Å². The first-order chi connectivity index (χ1) is 3.27. The molecule has 0 unspecified atom stereocenters. The van der Waals surface area contributed by atoms with Crippen molar-refractivity contribution in [3.05, 3.63) is 0 Å². The first-order valence-corrected chi connectivity index (χ1v) is 4.27. The molecule has 1 nitrogen and oxygen atoms in total. The van der Waals surface area contributed by atoms with Crippen LogP contribution in [0.25, 0.3) is 0 Å². The van der Waals surface area contributed by atoms with E-state index in [9.17, 15) is 0 Å². The van der Waals surface area contributed by atoms with Gasteiger partial charge in [-0.2, -0.15) is 0 Å². The third-order valence-electron chi connectivity index (χ3n) is 0.593. The molecule has 0 aromatic rings. The topological polar surface area (TPSA) is 9.23 Å². The normalized spacial score (nSPS) is 14.1. The third-order valence-corrected chi connectivity index (χ3v) is 1.66. The zero-order valence-corrected chi connectivity index (χ0v) is 8.47. The van der Waals surface area contributed by atoms with E-state index in [4.69, 9.17) is 3.07 Å². The van der Waals surface area contributed by atoms with Gasteiger partial charge in [-0.05, 0) is 6.42 Å². The van der Waals surface area contributed by atoms with Gasteiger partial charge in [-0.1, -0.05) is 29.5 Å². The molecule has 0 rings (SSSR count). The lowest BCUT2D eigenvalue weighted by Crippen LogP contribution is -1.93. The molecular formula is C4H8I2O. The quantitative estimate of drug-likeness (QED) is 0.572. The SMILES string of the molecule is C[C@H](I)CCOI. The van der Waals surface area contributed by atoms with E-state index in [1.54, 1.807) is 0 Å². The van der Waals surface area contributed by atoms with Gasteiger partial charge in [-0.25, -0.2) is 0 Å². The molecule has 0 fully saturated rings. The molecule has 0 spiro atoms. The Labute approximate surface area is 72.0 Å². The van der Waals surface area contributed by atoms with Crippen LogP contribution >= 0.6 is 45.6 Å². The molecule has 0 aliphatic rings. The summed E-state index contributed by atoms with van der Waals surface area (Å²) in [7, 11) is 0. The molecule has 7 heavy (non-hydrogen) atoms. The Morgan fingerprint density at radius 2 is 2.29 bits per heavy atom. The maximum Gasteiger partial charge on any atom is 0.109 e. The zero-order valence-electron chi connectivity index (χ0n) is 4.16. The molecular weight excluding hydrogens is 318 g/mol. The summed E-state index contributed by atoms with van der Waals surface area (Å²) >= 11 is 4.30. The van der Waals surface area contributed by atoms with Crippen molar-refractivity contribution in [1.29, 1.82) is 0 Å². The van der Waals surface area contributed by atoms with Gasteiger partial charge in [0, 0.05) is 3.92 Å². The molecule has 0 N–H and O–H groups in total. The second-order valence-electron chi connectivity index (χ2n) is 1.38. The van der Waals surface area contributed by atoms with Gasteiger partial charge in [-0.3, -0.25) is 0 Å². The van der Waals surface area contributed by atoms with Crippen molar-refractivity contribution < 1.29 is 3.07 Å². The Morgan fingerprint density at radius 3 is 2.43 bits per heavy atom. The van der Waals surface area contributed by atoms with Crippen LogP contribution in [0.1, 0.15) is 13.3 Å². The van der Waals surface area contributed by atoms with Crippen molar-refractivity contribution in [2.75, 3.05) is 6.61 Å². The first-order valence-electron chi connectivity index (χ1n) is 2.15. The van der Waals surface area contributed by atoms with Crippen LogP contribution in [0, 0.1) is 0 Å². The summed E-state index contributed by atoms with van der Waals surface area (Å²) < 4.78 is 5.56. The van der Waals surface area contributed by atoms with Crippen molar-refractivity contribution in [3.63, 3.8) is 0 Å². The summed E-state index contributed by atoms with van der Waals surface area (Å²) in [6.07, 6.45) is 1.16. The van der Waals surface area contributed by atoms with Crippen LogP contribution < -0.4 is 0 Å². The second kappa shape index (κ2) is 5.55. The Hall–Kier alpha value is 1.42. The van der Waals surface area contributed by atoms with Gasteiger partial charge < -0.3 is 3.07 Å². The maximum absolute atomic E-state index is 4.82. The van der Waals surface area contributed by atoms with E-state index in [0.29, 0.717) is 0 Å². The van der Waals surface area contributed by atoms with Crippen LogP contribution in [0.3, 0.4) is 0 Å². The molecule has 0 aromatic carbocycles. The van der Waals surface area contributed by atoms with E-state index in [1.165, 1.54) is 0 Å². The minimum absolute atomic E-state index is 0.743. The van der Waals surface area contributed by atoms with Crippen molar-refractivity contribution in [2.45, 2.75) is 17.3 Å². The highest BCUT2D eigenvalue weighted by Crippen LogP contribution is 2.04. The lowest BCUT2D eigenvalue weighted by Gasteiger charge is -1.96. The molecule has 0 heterocycles. The molecule has 0 saturated heterocycles. The molecule has 0 radical (unpaired) electrons. The molecule has 0 aromatic heterocycles. The molecule has 0 bridgehead atoms. The van der Waals surface area contributed by atoms with Crippen LogP contribution in [0.5, 0.6) is 0 Å². The monoisotopic (exact) mass is 326 g/mol. The highest BCUT2D eigenvalue weighted by Gasteiger charge is 1.91. The van der Waals surface area contributed by atoms with Gasteiger partial charge in [0.15, 0.2) is 0 Å². The highest BCUT2D eigenvalue weighted by molar-refractivity contribution is 14.1. The van der Waals surface area contributed by atoms with E-state index in [-0.39, 0.29) is 0 Å². The standard InChI is InChI=1S/C4H8I2O/c1-4(5)2-3-7-6/h4H,2-3H2,1H3/t4-/m0/s1. The summed E-state index contributed by atoms with van der Waals surface area (Å²) in [4.78, 5) is 0. The summed E-state index contributed by atoms with van der Waals surface area (Å²) in [6, 6.07) is 0. The maximum atomic E-state index is 4.82. The average molecular weight is 326 g/mol. The Kier molecular flexibility index (Phi) is 6.68. The van der Waals surface area contributed by atoms with Crippen molar-refractivity contribution in [1.82, 2.24) is 0 Å². The predicted octanol–water partition coefficient (Wildman–Crippen LogP) is 2.57. The number of rotatable bonds is 3. The van der Waals surface area contributed by atoms with Crippen LogP contribution in [-0.2, 0) is 3.07 Å². The molecule has 1 atom stereocenters.